The van der Waals surface area contributed by atoms with Gasteiger partial charge in [0.05, 0.1) is 6.04 Å². The first-order chi connectivity index (χ1) is 6.74. The number of nitrogens with two attached hydrogens (primary N) is 1. The van der Waals surface area contributed by atoms with Gasteiger partial charge in [0.1, 0.15) is 11.5 Å². The number of hydrogen-bond acceptors (Lipinski definition) is 2. The third-order valence-electron chi connectivity index (χ3n) is 2.50. The zero-order valence-corrected chi connectivity index (χ0v) is 9.25. The second kappa shape index (κ2) is 5.86. The van der Waals surface area contributed by atoms with E-state index in [1.54, 1.807) is 0 Å². The quantitative estimate of drug-likeness (QED) is 0.705. The van der Waals surface area contributed by atoms with Gasteiger partial charge in [0.2, 0.25) is 0 Å². The van der Waals surface area contributed by atoms with Gasteiger partial charge in [0.25, 0.3) is 0 Å². The van der Waals surface area contributed by atoms with Crippen LogP contribution in [0.5, 0.6) is 0 Å². The van der Waals surface area contributed by atoms with Crippen LogP contribution in [0.4, 0.5) is 0 Å². The third-order valence-corrected chi connectivity index (χ3v) is 2.50. The summed E-state index contributed by atoms with van der Waals surface area (Å²) >= 11 is 0. The monoisotopic (exact) mass is 195 g/mol. The fourth-order valence-electron chi connectivity index (χ4n) is 1.59. The van der Waals surface area contributed by atoms with Gasteiger partial charge in [-0.25, -0.2) is 0 Å². The molecule has 2 nitrogen and oxygen atoms in total. The molecule has 1 rings (SSSR count). The van der Waals surface area contributed by atoms with E-state index in [1.165, 1.54) is 25.7 Å². The molecule has 0 aromatic carbocycles. The smallest absolute Gasteiger partial charge is 0.120 e. The lowest BCUT2D eigenvalue weighted by Gasteiger charge is -2.07. The summed E-state index contributed by atoms with van der Waals surface area (Å²) in [7, 11) is 0. The van der Waals surface area contributed by atoms with Crippen LogP contribution in [0.3, 0.4) is 0 Å². The van der Waals surface area contributed by atoms with Crippen LogP contribution in [0.2, 0.25) is 0 Å². The number of hydrogen-bond donors (Lipinski definition) is 1. The van der Waals surface area contributed by atoms with E-state index in [0.717, 1.165) is 17.9 Å². The van der Waals surface area contributed by atoms with Gasteiger partial charge in [0, 0.05) is 0 Å². The molecule has 2 N–H and O–H groups in total. The zero-order valence-electron chi connectivity index (χ0n) is 9.25. The van der Waals surface area contributed by atoms with Crippen molar-refractivity contribution in [2.45, 2.75) is 52.0 Å². The zero-order chi connectivity index (χ0) is 10.4. The highest BCUT2D eigenvalue weighted by Crippen LogP contribution is 2.19. The Bertz CT molecular complexity index is 255. The topological polar surface area (TPSA) is 39.2 Å². The van der Waals surface area contributed by atoms with E-state index in [-0.39, 0.29) is 6.04 Å². The van der Waals surface area contributed by atoms with E-state index >= 15 is 0 Å². The molecular formula is C12H21NO. The molecule has 0 aliphatic heterocycles. The van der Waals surface area contributed by atoms with Crippen LogP contribution in [0.25, 0.3) is 0 Å². The van der Waals surface area contributed by atoms with Gasteiger partial charge in [-0.3, -0.25) is 0 Å². The molecule has 0 saturated heterocycles. The Labute approximate surface area is 86.5 Å². The van der Waals surface area contributed by atoms with Gasteiger partial charge >= 0.3 is 0 Å². The molecule has 0 aliphatic carbocycles. The summed E-state index contributed by atoms with van der Waals surface area (Å²) in [6.45, 7) is 4.17. The van der Waals surface area contributed by atoms with Crippen LogP contribution in [0, 0.1) is 6.92 Å². The average Bonchev–Trinajstić information content (AvgIpc) is 2.59. The molecule has 0 radical (unpaired) electrons. The average molecular weight is 195 g/mol. The van der Waals surface area contributed by atoms with Gasteiger partial charge in [-0.05, 0) is 25.5 Å². The van der Waals surface area contributed by atoms with Crippen molar-refractivity contribution in [1.29, 1.82) is 0 Å². The first-order valence-corrected chi connectivity index (χ1v) is 5.56. The lowest BCUT2D eigenvalue weighted by Crippen LogP contribution is -2.08. The van der Waals surface area contributed by atoms with Crippen molar-refractivity contribution in [3.05, 3.63) is 23.7 Å². The fourth-order valence-corrected chi connectivity index (χ4v) is 1.59. The maximum atomic E-state index is 6.00. The van der Waals surface area contributed by atoms with Crippen molar-refractivity contribution in [3.8, 4) is 0 Å². The van der Waals surface area contributed by atoms with Crippen LogP contribution in [-0.2, 0) is 0 Å². The number of aryl methyl sites for hydroxylation is 1. The van der Waals surface area contributed by atoms with E-state index in [0.29, 0.717) is 0 Å². The van der Waals surface area contributed by atoms with Crippen LogP contribution in [-0.4, -0.2) is 0 Å². The van der Waals surface area contributed by atoms with E-state index < -0.39 is 0 Å². The first kappa shape index (κ1) is 11.3. The summed E-state index contributed by atoms with van der Waals surface area (Å²) < 4.78 is 5.48. The highest BCUT2D eigenvalue weighted by Gasteiger charge is 2.08. The first-order valence-electron chi connectivity index (χ1n) is 5.56. The summed E-state index contributed by atoms with van der Waals surface area (Å²) in [6.07, 6.45) is 6.10. The van der Waals surface area contributed by atoms with Crippen LogP contribution in [0.1, 0.15) is 56.6 Å². The summed E-state index contributed by atoms with van der Waals surface area (Å²) in [5, 5.41) is 0. The van der Waals surface area contributed by atoms with Crippen LogP contribution < -0.4 is 5.73 Å². The molecule has 0 amide bonds. The molecule has 80 valence electrons. The molecule has 0 saturated carbocycles. The Hall–Kier alpha value is -0.760. The minimum Gasteiger partial charge on any atom is -0.465 e. The second-order valence-corrected chi connectivity index (χ2v) is 3.90. The molecule has 1 aromatic heterocycles. The lowest BCUT2D eigenvalue weighted by molar-refractivity contribution is 0.425. The molecule has 0 spiro atoms. The van der Waals surface area contributed by atoms with Crippen LogP contribution in [0.15, 0.2) is 16.5 Å². The molecule has 14 heavy (non-hydrogen) atoms. The maximum Gasteiger partial charge on any atom is 0.120 e. The lowest BCUT2D eigenvalue weighted by atomic mass is 10.1. The predicted octanol–water partition coefficient (Wildman–Crippen LogP) is 3.56. The highest BCUT2D eigenvalue weighted by atomic mass is 16.3. The third kappa shape index (κ3) is 3.54. The van der Waals surface area contributed by atoms with Crippen molar-refractivity contribution in [2.75, 3.05) is 0 Å². The van der Waals surface area contributed by atoms with Crippen LogP contribution >= 0.6 is 0 Å². The summed E-state index contributed by atoms with van der Waals surface area (Å²) in [5.41, 5.74) is 6.00. The summed E-state index contributed by atoms with van der Waals surface area (Å²) in [4.78, 5) is 0. The fraction of sp³-hybridized carbons (Fsp3) is 0.667. The number of rotatable bonds is 6. The summed E-state index contributed by atoms with van der Waals surface area (Å²) in [5.74, 6) is 1.88. The Morgan fingerprint density at radius 2 is 2.07 bits per heavy atom. The minimum atomic E-state index is 0.0838. The van der Waals surface area contributed by atoms with Crippen molar-refractivity contribution >= 4 is 0 Å². The predicted molar refractivity (Wildman–Crippen MR) is 59.1 cm³/mol. The van der Waals surface area contributed by atoms with Crippen molar-refractivity contribution in [2.24, 2.45) is 5.73 Å². The normalized spacial score (nSPS) is 13.1. The molecule has 1 aromatic rings. The van der Waals surface area contributed by atoms with Gasteiger partial charge in [0.15, 0.2) is 0 Å². The Balaban J connectivity index is 2.25. The van der Waals surface area contributed by atoms with Gasteiger partial charge < -0.3 is 10.2 Å². The molecule has 0 bridgehead atoms. The Morgan fingerprint density at radius 1 is 1.29 bits per heavy atom. The van der Waals surface area contributed by atoms with Crippen molar-refractivity contribution in [1.82, 2.24) is 0 Å². The molecule has 1 heterocycles. The maximum absolute atomic E-state index is 6.00. The van der Waals surface area contributed by atoms with E-state index in [2.05, 4.69) is 6.92 Å². The molecule has 0 fully saturated rings. The second-order valence-electron chi connectivity index (χ2n) is 3.90. The Morgan fingerprint density at radius 3 is 2.64 bits per heavy atom. The van der Waals surface area contributed by atoms with E-state index in [1.807, 2.05) is 19.1 Å². The van der Waals surface area contributed by atoms with Gasteiger partial charge in [-0.15, -0.1) is 0 Å². The number of furan rings is 1. The molecular weight excluding hydrogens is 174 g/mol. The molecule has 1 atom stereocenters. The standard InChI is InChI=1S/C12H21NO/c1-3-4-5-6-7-11(13)12-9-8-10(2)14-12/h8-9,11H,3-7,13H2,1-2H3/t11-/m0/s1. The summed E-state index contributed by atoms with van der Waals surface area (Å²) in [6, 6.07) is 4.04. The number of unbranched alkanes of at least 4 members (excludes halogenated alkanes) is 3. The van der Waals surface area contributed by atoms with Gasteiger partial charge in [-0.2, -0.15) is 0 Å². The molecule has 2 heteroatoms. The van der Waals surface area contributed by atoms with E-state index in [4.69, 9.17) is 10.2 Å². The van der Waals surface area contributed by atoms with Crippen molar-refractivity contribution < 1.29 is 4.42 Å². The molecule has 0 aliphatic rings. The SMILES string of the molecule is CCCCCC[C@H](N)c1ccc(C)o1. The highest BCUT2D eigenvalue weighted by molar-refractivity contribution is 5.08. The van der Waals surface area contributed by atoms with Gasteiger partial charge in [-0.1, -0.05) is 32.6 Å². The van der Waals surface area contributed by atoms with Crippen molar-refractivity contribution in [3.63, 3.8) is 0 Å². The minimum absolute atomic E-state index is 0.0838. The van der Waals surface area contributed by atoms with E-state index in [9.17, 15) is 0 Å². The Kier molecular flexibility index (Phi) is 4.74. The molecule has 0 unspecified atom stereocenters. The largest absolute Gasteiger partial charge is 0.465 e.